The van der Waals surface area contributed by atoms with Crippen LogP contribution in [0.5, 0.6) is 0 Å². The maximum atomic E-state index is 11.6. The highest BCUT2D eigenvalue weighted by Gasteiger charge is 2.22. The van der Waals surface area contributed by atoms with Gasteiger partial charge < -0.3 is 15.0 Å². The molecular weight excluding hydrogens is 336 g/mol. The van der Waals surface area contributed by atoms with E-state index in [-0.39, 0.29) is 5.91 Å². The molecule has 4 nitrogen and oxygen atoms in total. The molecule has 2 aromatic carbocycles. The fourth-order valence-electron chi connectivity index (χ4n) is 3.72. The van der Waals surface area contributed by atoms with Crippen molar-refractivity contribution in [3.63, 3.8) is 0 Å². The summed E-state index contributed by atoms with van der Waals surface area (Å²) in [6, 6.07) is 12.2. The van der Waals surface area contributed by atoms with Crippen LogP contribution in [0.4, 0.5) is 11.4 Å². The van der Waals surface area contributed by atoms with Gasteiger partial charge in [0.2, 0.25) is 5.91 Å². The molecule has 0 radical (unpaired) electrons. The van der Waals surface area contributed by atoms with E-state index in [1.165, 1.54) is 0 Å². The minimum absolute atomic E-state index is 0.0491. The molecule has 1 saturated heterocycles. The monoisotopic (exact) mass is 356 g/mol. The van der Waals surface area contributed by atoms with Gasteiger partial charge in [0.05, 0.1) is 23.2 Å². The fraction of sp³-hybridized carbons (Fsp3) is 0.350. The van der Waals surface area contributed by atoms with E-state index in [9.17, 15) is 4.79 Å². The third kappa shape index (κ3) is 3.12. The van der Waals surface area contributed by atoms with Gasteiger partial charge in [-0.2, -0.15) is 0 Å². The van der Waals surface area contributed by atoms with Crippen LogP contribution in [0.15, 0.2) is 36.4 Å². The van der Waals surface area contributed by atoms with E-state index in [0.29, 0.717) is 12.5 Å². The first-order valence-electron chi connectivity index (χ1n) is 8.65. The van der Waals surface area contributed by atoms with Crippen molar-refractivity contribution in [3.8, 4) is 11.1 Å². The van der Waals surface area contributed by atoms with Crippen molar-refractivity contribution < 1.29 is 9.53 Å². The molecule has 0 unspecified atom stereocenters. The number of hydrogen-bond acceptors (Lipinski definition) is 3. The molecule has 0 aromatic heterocycles. The number of benzene rings is 2. The molecule has 1 fully saturated rings. The van der Waals surface area contributed by atoms with Crippen LogP contribution >= 0.6 is 11.6 Å². The number of fused-ring (bicyclic) bond motifs is 1. The fourth-order valence-corrected chi connectivity index (χ4v) is 4.07. The summed E-state index contributed by atoms with van der Waals surface area (Å²) in [5.74, 6) is 0.0491. The average Bonchev–Trinajstić information content (AvgIpc) is 3.01. The molecule has 0 aliphatic carbocycles. The number of ether oxygens (including phenoxy) is 1. The van der Waals surface area contributed by atoms with Crippen molar-refractivity contribution in [3.05, 3.63) is 47.0 Å². The summed E-state index contributed by atoms with van der Waals surface area (Å²) in [5.41, 5.74) is 5.07. The highest BCUT2D eigenvalue weighted by atomic mass is 35.5. The Hall–Kier alpha value is -2.04. The first-order chi connectivity index (χ1) is 12.2. The number of methoxy groups -OCH3 is 1. The van der Waals surface area contributed by atoms with E-state index < -0.39 is 0 Å². The van der Waals surface area contributed by atoms with Crippen molar-refractivity contribution in [2.45, 2.75) is 25.4 Å². The van der Waals surface area contributed by atoms with Gasteiger partial charge in [-0.1, -0.05) is 29.8 Å². The summed E-state index contributed by atoms with van der Waals surface area (Å²) in [4.78, 5) is 13.9. The molecule has 1 amide bonds. The largest absolute Gasteiger partial charge is 0.381 e. The van der Waals surface area contributed by atoms with E-state index in [1.54, 1.807) is 7.11 Å². The number of anilines is 2. The minimum atomic E-state index is 0.0491. The SMILES string of the molecule is COC1CCN(c2cccc(-c3ccc4c(c3)CC(=O)N4)c2Cl)CC1. The molecule has 0 saturated carbocycles. The van der Waals surface area contributed by atoms with Crippen LogP contribution in [0.1, 0.15) is 18.4 Å². The smallest absolute Gasteiger partial charge is 0.228 e. The van der Waals surface area contributed by atoms with Crippen LogP contribution in [0.3, 0.4) is 0 Å². The van der Waals surface area contributed by atoms with Crippen molar-refractivity contribution in [2.75, 3.05) is 30.4 Å². The second-order valence-corrected chi connectivity index (χ2v) is 7.04. The Kier molecular flexibility index (Phi) is 4.40. The minimum Gasteiger partial charge on any atom is -0.381 e. The van der Waals surface area contributed by atoms with Gasteiger partial charge in [0.15, 0.2) is 0 Å². The number of amides is 1. The van der Waals surface area contributed by atoms with E-state index in [2.05, 4.69) is 28.4 Å². The number of halogens is 1. The van der Waals surface area contributed by atoms with Crippen molar-refractivity contribution >= 4 is 28.9 Å². The average molecular weight is 357 g/mol. The maximum absolute atomic E-state index is 11.6. The quantitative estimate of drug-likeness (QED) is 0.899. The van der Waals surface area contributed by atoms with Gasteiger partial charge in [0.1, 0.15) is 0 Å². The van der Waals surface area contributed by atoms with Gasteiger partial charge >= 0.3 is 0 Å². The third-order valence-corrected chi connectivity index (χ3v) is 5.53. The number of carbonyl (C=O) groups is 1. The van der Waals surface area contributed by atoms with Gasteiger partial charge in [0, 0.05) is 31.5 Å². The van der Waals surface area contributed by atoms with Crippen LogP contribution in [0, 0.1) is 0 Å². The number of nitrogens with zero attached hydrogens (tertiary/aromatic N) is 1. The normalized spacial score (nSPS) is 17.5. The molecule has 0 spiro atoms. The van der Waals surface area contributed by atoms with Crippen LogP contribution in [-0.4, -0.2) is 32.2 Å². The second kappa shape index (κ2) is 6.70. The Bertz CT molecular complexity index is 813. The molecule has 4 rings (SSSR count). The Morgan fingerprint density at radius 2 is 2.00 bits per heavy atom. The summed E-state index contributed by atoms with van der Waals surface area (Å²) >= 11 is 6.77. The van der Waals surface area contributed by atoms with Gasteiger partial charge in [0.25, 0.3) is 0 Å². The van der Waals surface area contributed by atoms with E-state index in [1.807, 2.05) is 18.2 Å². The highest BCUT2D eigenvalue weighted by Crippen LogP contribution is 2.38. The van der Waals surface area contributed by atoms with Gasteiger partial charge in [-0.05, 0) is 42.2 Å². The summed E-state index contributed by atoms with van der Waals surface area (Å²) in [7, 11) is 1.78. The van der Waals surface area contributed by atoms with E-state index in [4.69, 9.17) is 16.3 Å². The number of piperidine rings is 1. The first-order valence-corrected chi connectivity index (χ1v) is 9.03. The van der Waals surface area contributed by atoms with Crippen LogP contribution in [0.2, 0.25) is 5.02 Å². The lowest BCUT2D eigenvalue weighted by molar-refractivity contribution is -0.115. The van der Waals surface area contributed by atoms with E-state index in [0.717, 1.165) is 59.0 Å². The molecule has 0 bridgehead atoms. The molecule has 2 aromatic rings. The zero-order valence-corrected chi connectivity index (χ0v) is 15.0. The van der Waals surface area contributed by atoms with Gasteiger partial charge in [-0.3, -0.25) is 4.79 Å². The Morgan fingerprint density at radius 3 is 2.76 bits per heavy atom. The Morgan fingerprint density at radius 1 is 1.20 bits per heavy atom. The number of nitrogens with one attached hydrogen (secondary N) is 1. The molecule has 2 heterocycles. The first kappa shape index (κ1) is 16.4. The topological polar surface area (TPSA) is 41.6 Å². The zero-order valence-electron chi connectivity index (χ0n) is 14.2. The van der Waals surface area contributed by atoms with Crippen LogP contribution in [0.25, 0.3) is 11.1 Å². The predicted molar refractivity (Wildman–Crippen MR) is 101 cm³/mol. The molecular formula is C20H21ClN2O2. The van der Waals surface area contributed by atoms with Crippen molar-refractivity contribution in [2.24, 2.45) is 0 Å². The summed E-state index contributed by atoms with van der Waals surface area (Å²) in [6.45, 7) is 1.90. The standard InChI is InChI=1S/C20H21ClN2O2/c1-25-15-7-9-23(10-8-15)18-4-2-3-16(20(18)21)13-5-6-17-14(11-13)12-19(24)22-17/h2-6,11,15H,7-10,12H2,1H3,(H,22,24). The number of rotatable bonds is 3. The molecule has 2 aliphatic heterocycles. The van der Waals surface area contributed by atoms with Crippen molar-refractivity contribution in [1.82, 2.24) is 0 Å². The Balaban J connectivity index is 1.64. The lowest BCUT2D eigenvalue weighted by Gasteiger charge is -2.33. The summed E-state index contributed by atoms with van der Waals surface area (Å²) < 4.78 is 5.46. The van der Waals surface area contributed by atoms with Crippen LogP contribution in [-0.2, 0) is 16.0 Å². The number of hydrogen-bond donors (Lipinski definition) is 1. The molecule has 5 heteroatoms. The summed E-state index contributed by atoms with van der Waals surface area (Å²) in [6.07, 6.45) is 2.82. The zero-order chi connectivity index (χ0) is 17.4. The second-order valence-electron chi connectivity index (χ2n) is 6.66. The maximum Gasteiger partial charge on any atom is 0.228 e. The summed E-state index contributed by atoms with van der Waals surface area (Å²) in [5, 5.41) is 3.65. The van der Waals surface area contributed by atoms with E-state index >= 15 is 0 Å². The lowest BCUT2D eigenvalue weighted by Crippen LogP contribution is -2.36. The van der Waals surface area contributed by atoms with Gasteiger partial charge in [-0.15, -0.1) is 0 Å². The van der Waals surface area contributed by atoms with Crippen molar-refractivity contribution in [1.29, 1.82) is 0 Å². The molecule has 25 heavy (non-hydrogen) atoms. The highest BCUT2D eigenvalue weighted by molar-refractivity contribution is 6.36. The lowest BCUT2D eigenvalue weighted by atomic mass is 10.00. The molecule has 2 aliphatic rings. The van der Waals surface area contributed by atoms with Crippen LogP contribution < -0.4 is 10.2 Å². The molecule has 1 N–H and O–H groups in total. The number of carbonyl (C=O) groups excluding carboxylic acids is 1. The molecule has 130 valence electrons. The predicted octanol–water partition coefficient (Wildman–Crippen LogP) is 4.12. The Labute approximate surface area is 152 Å². The molecule has 0 atom stereocenters. The van der Waals surface area contributed by atoms with Gasteiger partial charge in [-0.25, -0.2) is 0 Å². The third-order valence-electron chi connectivity index (χ3n) is 5.14.